The second-order valence-electron chi connectivity index (χ2n) is 6.16. The van der Waals surface area contributed by atoms with Crippen molar-refractivity contribution in [3.8, 4) is 5.75 Å². The van der Waals surface area contributed by atoms with Crippen molar-refractivity contribution in [3.63, 3.8) is 0 Å². The highest BCUT2D eigenvalue weighted by Crippen LogP contribution is 2.38. The van der Waals surface area contributed by atoms with Crippen molar-refractivity contribution in [1.29, 1.82) is 0 Å². The summed E-state index contributed by atoms with van der Waals surface area (Å²) in [5.74, 6) is 0.354. The van der Waals surface area contributed by atoms with Crippen LogP contribution in [-0.2, 0) is 0 Å². The van der Waals surface area contributed by atoms with Gasteiger partial charge in [-0.05, 0) is 25.0 Å². The number of rotatable bonds is 3. The first-order chi connectivity index (χ1) is 11.3. The minimum Gasteiger partial charge on any atom is -0.506 e. The standard InChI is InChI=1S/C17H17Cl2N3O2/c1-8(2)15-12(7-20-14-4-9(3)21-22(14)15)16(23)11-5-10(18)6-13(19)17(11)24/h4-8,15,20,24H,1-3H3. The predicted octanol–water partition coefficient (Wildman–Crippen LogP) is 4.59. The molecule has 0 spiro atoms. The van der Waals surface area contributed by atoms with E-state index in [0.29, 0.717) is 10.6 Å². The molecule has 2 N–H and O–H groups in total. The molecule has 5 nitrogen and oxygen atoms in total. The molecular formula is C17H17Cl2N3O2. The molecule has 1 aromatic heterocycles. The van der Waals surface area contributed by atoms with Crippen LogP contribution >= 0.6 is 23.2 Å². The van der Waals surface area contributed by atoms with Gasteiger partial charge in [0.25, 0.3) is 0 Å². The maximum atomic E-state index is 13.0. The molecule has 1 aliphatic heterocycles. The first-order valence-electron chi connectivity index (χ1n) is 7.55. The fourth-order valence-electron chi connectivity index (χ4n) is 2.94. The first kappa shape index (κ1) is 16.9. The van der Waals surface area contributed by atoms with Crippen LogP contribution in [0.25, 0.3) is 0 Å². The van der Waals surface area contributed by atoms with E-state index in [9.17, 15) is 9.90 Å². The molecule has 7 heteroatoms. The number of nitrogens with one attached hydrogen (secondary N) is 1. The molecule has 0 radical (unpaired) electrons. The van der Waals surface area contributed by atoms with Crippen LogP contribution in [0.5, 0.6) is 5.75 Å². The summed E-state index contributed by atoms with van der Waals surface area (Å²) in [6.07, 6.45) is 1.66. The number of allylic oxidation sites excluding steroid dienone is 1. The summed E-state index contributed by atoms with van der Waals surface area (Å²) < 4.78 is 1.80. The van der Waals surface area contributed by atoms with Gasteiger partial charge in [-0.3, -0.25) is 4.79 Å². The molecule has 0 bridgehead atoms. The molecule has 1 aliphatic rings. The maximum Gasteiger partial charge on any atom is 0.196 e. The maximum absolute atomic E-state index is 13.0. The Balaban J connectivity index is 2.08. The second kappa shape index (κ2) is 6.15. The number of nitrogens with zero attached hydrogens (tertiary/aromatic N) is 2. The van der Waals surface area contributed by atoms with Gasteiger partial charge in [-0.25, -0.2) is 4.68 Å². The van der Waals surface area contributed by atoms with Gasteiger partial charge in [0.15, 0.2) is 5.78 Å². The summed E-state index contributed by atoms with van der Waals surface area (Å²) in [5.41, 5.74) is 1.44. The van der Waals surface area contributed by atoms with Crippen LogP contribution < -0.4 is 5.32 Å². The fourth-order valence-corrected chi connectivity index (χ4v) is 3.43. The molecule has 0 amide bonds. The Kier molecular flexibility index (Phi) is 4.32. The summed E-state index contributed by atoms with van der Waals surface area (Å²) in [6, 6.07) is 4.49. The Morgan fingerprint density at radius 1 is 1.33 bits per heavy atom. The van der Waals surface area contributed by atoms with E-state index < -0.39 is 0 Å². The minimum atomic E-state index is -0.332. The lowest BCUT2D eigenvalue weighted by Crippen LogP contribution is -2.28. The average Bonchev–Trinajstić information content (AvgIpc) is 2.88. The van der Waals surface area contributed by atoms with E-state index in [-0.39, 0.29) is 34.1 Å². The number of anilines is 1. The lowest BCUT2D eigenvalue weighted by molar-refractivity contribution is 0.101. The zero-order chi connectivity index (χ0) is 17.6. The molecule has 1 atom stereocenters. The molecule has 1 unspecified atom stereocenters. The van der Waals surface area contributed by atoms with Gasteiger partial charge in [0.1, 0.15) is 11.6 Å². The number of benzene rings is 1. The smallest absolute Gasteiger partial charge is 0.196 e. The molecule has 2 aromatic rings. The minimum absolute atomic E-state index is 0.0481. The quantitative estimate of drug-likeness (QED) is 0.780. The monoisotopic (exact) mass is 365 g/mol. The fraction of sp³-hybridized carbons (Fsp3) is 0.294. The molecule has 126 valence electrons. The highest BCUT2D eigenvalue weighted by Gasteiger charge is 2.33. The highest BCUT2D eigenvalue weighted by molar-refractivity contribution is 6.36. The third-order valence-corrected chi connectivity index (χ3v) is 4.49. The predicted molar refractivity (Wildman–Crippen MR) is 95.0 cm³/mol. The number of ketones is 1. The zero-order valence-electron chi connectivity index (χ0n) is 13.5. The van der Waals surface area contributed by atoms with Gasteiger partial charge in [-0.2, -0.15) is 5.10 Å². The molecule has 0 fully saturated rings. The Labute approximate surface area is 149 Å². The van der Waals surface area contributed by atoms with E-state index >= 15 is 0 Å². The Morgan fingerprint density at radius 3 is 2.71 bits per heavy atom. The largest absolute Gasteiger partial charge is 0.506 e. The van der Waals surface area contributed by atoms with Gasteiger partial charge < -0.3 is 10.4 Å². The molecule has 1 aromatic carbocycles. The number of aromatic hydroxyl groups is 1. The normalized spacial score (nSPS) is 16.6. The number of hydrogen-bond acceptors (Lipinski definition) is 4. The van der Waals surface area contributed by atoms with Crippen LogP contribution in [0.1, 0.15) is 35.9 Å². The summed E-state index contributed by atoms with van der Waals surface area (Å²) in [6.45, 7) is 5.93. The lowest BCUT2D eigenvalue weighted by Gasteiger charge is -2.29. The summed E-state index contributed by atoms with van der Waals surface area (Å²) in [4.78, 5) is 13.0. The second-order valence-corrected chi connectivity index (χ2v) is 7.00. The molecule has 24 heavy (non-hydrogen) atoms. The van der Waals surface area contributed by atoms with Crippen LogP contribution in [0.3, 0.4) is 0 Å². The topological polar surface area (TPSA) is 67.2 Å². The Hall–Kier alpha value is -1.98. The molecule has 3 rings (SSSR count). The zero-order valence-corrected chi connectivity index (χ0v) is 15.0. The van der Waals surface area contributed by atoms with Gasteiger partial charge in [0, 0.05) is 22.9 Å². The summed E-state index contributed by atoms with van der Waals surface area (Å²) in [7, 11) is 0. The third kappa shape index (κ3) is 2.78. The number of phenolic OH excluding ortho intramolecular Hbond substituents is 1. The van der Waals surface area contributed by atoms with Gasteiger partial charge in [-0.1, -0.05) is 37.0 Å². The molecule has 2 heterocycles. The van der Waals surface area contributed by atoms with Crippen molar-refractivity contribution >= 4 is 34.8 Å². The molecular weight excluding hydrogens is 349 g/mol. The average molecular weight is 366 g/mol. The van der Waals surface area contributed by atoms with Crippen molar-refractivity contribution in [3.05, 3.63) is 51.3 Å². The van der Waals surface area contributed by atoms with E-state index in [4.69, 9.17) is 23.2 Å². The van der Waals surface area contributed by atoms with Gasteiger partial charge >= 0.3 is 0 Å². The van der Waals surface area contributed by atoms with E-state index in [0.717, 1.165) is 11.5 Å². The van der Waals surface area contributed by atoms with Crippen molar-refractivity contribution in [2.45, 2.75) is 26.8 Å². The summed E-state index contributed by atoms with van der Waals surface area (Å²) in [5, 5.41) is 18.1. The number of aromatic nitrogens is 2. The van der Waals surface area contributed by atoms with E-state index in [2.05, 4.69) is 10.4 Å². The van der Waals surface area contributed by atoms with Gasteiger partial charge in [0.2, 0.25) is 0 Å². The number of fused-ring (bicyclic) bond motifs is 1. The first-order valence-corrected chi connectivity index (χ1v) is 8.30. The lowest BCUT2D eigenvalue weighted by atomic mass is 9.89. The Morgan fingerprint density at radius 2 is 2.04 bits per heavy atom. The highest BCUT2D eigenvalue weighted by atomic mass is 35.5. The van der Waals surface area contributed by atoms with Gasteiger partial charge in [-0.15, -0.1) is 0 Å². The molecule has 0 aliphatic carbocycles. The van der Waals surface area contributed by atoms with Crippen molar-refractivity contribution in [2.75, 3.05) is 5.32 Å². The van der Waals surface area contributed by atoms with Crippen molar-refractivity contribution in [1.82, 2.24) is 9.78 Å². The van der Waals surface area contributed by atoms with E-state index in [1.165, 1.54) is 12.1 Å². The molecule has 0 saturated carbocycles. The van der Waals surface area contributed by atoms with Crippen molar-refractivity contribution in [2.24, 2.45) is 5.92 Å². The number of phenols is 1. The third-order valence-electron chi connectivity index (χ3n) is 3.98. The number of hydrogen-bond donors (Lipinski definition) is 2. The Bertz CT molecular complexity index is 856. The number of carbonyl (C=O) groups is 1. The SMILES string of the molecule is Cc1cc2n(n1)C(C(C)C)C(C(=O)c1cc(Cl)cc(Cl)c1O)=CN2. The van der Waals surface area contributed by atoms with Crippen LogP contribution in [0.15, 0.2) is 30.0 Å². The number of halogens is 2. The molecule has 0 saturated heterocycles. The summed E-state index contributed by atoms with van der Waals surface area (Å²) >= 11 is 11.9. The number of Topliss-reactive ketones (excluding diaryl/α,β-unsaturated/α-hetero) is 1. The van der Waals surface area contributed by atoms with Crippen LogP contribution in [0, 0.1) is 12.8 Å². The van der Waals surface area contributed by atoms with E-state index in [1.54, 1.807) is 10.9 Å². The number of aryl methyl sites for hydroxylation is 1. The van der Waals surface area contributed by atoms with Gasteiger partial charge in [0.05, 0.1) is 22.3 Å². The van der Waals surface area contributed by atoms with Crippen LogP contribution in [-0.4, -0.2) is 20.7 Å². The van der Waals surface area contributed by atoms with Crippen molar-refractivity contribution < 1.29 is 9.90 Å². The number of carbonyl (C=O) groups excluding carboxylic acids is 1. The van der Waals surface area contributed by atoms with Crippen LogP contribution in [0.2, 0.25) is 10.0 Å². The van der Waals surface area contributed by atoms with Crippen LogP contribution in [0.4, 0.5) is 5.82 Å². The van der Waals surface area contributed by atoms with E-state index in [1.807, 2.05) is 26.8 Å².